The van der Waals surface area contributed by atoms with Crippen molar-refractivity contribution in [2.24, 2.45) is 0 Å². The summed E-state index contributed by atoms with van der Waals surface area (Å²) >= 11 is 0. The molecule has 0 aliphatic carbocycles. The zero-order valence-corrected chi connectivity index (χ0v) is 24.4. The highest BCUT2D eigenvalue weighted by atomic mass is 16.7. The lowest BCUT2D eigenvalue weighted by atomic mass is 9.96. The number of ether oxygens (including phenoxy) is 6. The Morgan fingerprint density at radius 2 is 1.62 bits per heavy atom. The van der Waals surface area contributed by atoms with Crippen molar-refractivity contribution in [3.05, 3.63) is 53.6 Å². The van der Waals surface area contributed by atoms with E-state index in [0.717, 1.165) is 6.08 Å². The molecule has 0 spiro atoms. The number of hydrogen-bond acceptors (Lipinski definition) is 15. The molecular weight excluding hydrogens is 600 g/mol. The average molecular weight is 639 g/mol. The molecular formula is C30H38O15. The SMILES string of the molecule is COc1cc(/C=C/C(=O)O[C@H]2[C@H](O[C@H]3O[C@@H](C)[C@H](O)[C@@H](O)[C@H]3O)[C@@H](OCCc3ccc(O)c(O)c3)[C@H](O)O[C@@H]2CO)ccc1O. The van der Waals surface area contributed by atoms with Crippen molar-refractivity contribution < 1.29 is 74.1 Å². The summed E-state index contributed by atoms with van der Waals surface area (Å²) in [6.45, 7) is 0.597. The Bertz CT molecular complexity index is 1320. The quantitative estimate of drug-likeness (QED) is 0.0862. The minimum absolute atomic E-state index is 0.103. The van der Waals surface area contributed by atoms with Crippen LogP contribution in [-0.2, 0) is 34.9 Å². The second kappa shape index (κ2) is 15.2. The molecule has 15 heteroatoms. The van der Waals surface area contributed by atoms with Crippen LogP contribution in [0.2, 0.25) is 0 Å². The fourth-order valence-corrected chi connectivity index (χ4v) is 4.97. The highest BCUT2D eigenvalue weighted by molar-refractivity contribution is 5.87. The van der Waals surface area contributed by atoms with Gasteiger partial charge in [0.2, 0.25) is 0 Å². The van der Waals surface area contributed by atoms with Crippen molar-refractivity contribution in [2.75, 3.05) is 20.3 Å². The van der Waals surface area contributed by atoms with E-state index >= 15 is 0 Å². The molecule has 0 amide bonds. The van der Waals surface area contributed by atoms with Gasteiger partial charge in [-0.15, -0.1) is 0 Å². The maximum atomic E-state index is 13.0. The third kappa shape index (κ3) is 8.21. The van der Waals surface area contributed by atoms with Crippen LogP contribution in [-0.4, -0.2) is 129 Å². The molecule has 45 heavy (non-hydrogen) atoms. The van der Waals surface area contributed by atoms with Crippen LogP contribution in [0.1, 0.15) is 18.1 Å². The third-order valence-electron chi connectivity index (χ3n) is 7.50. The van der Waals surface area contributed by atoms with Crippen LogP contribution >= 0.6 is 0 Å². The van der Waals surface area contributed by atoms with Gasteiger partial charge in [0.05, 0.1) is 26.4 Å². The van der Waals surface area contributed by atoms with Crippen LogP contribution in [0.3, 0.4) is 0 Å². The van der Waals surface area contributed by atoms with Crippen LogP contribution < -0.4 is 4.74 Å². The van der Waals surface area contributed by atoms with E-state index in [2.05, 4.69) is 0 Å². The number of aliphatic hydroxyl groups is 5. The number of carbonyl (C=O) groups is 1. The van der Waals surface area contributed by atoms with E-state index in [9.17, 15) is 45.6 Å². The Balaban J connectivity index is 1.57. The summed E-state index contributed by atoms with van der Waals surface area (Å²) < 4.78 is 33.6. The number of esters is 1. The number of methoxy groups -OCH3 is 1. The van der Waals surface area contributed by atoms with Crippen molar-refractivity contribution in [1.82, 2.24) is 0 Å². The first-order valence-corrected chi connectivity index (χ1v) is 14.1. The normalized spacial score (nSPS) is 32.0. The van der Waals surface area contributed by atoms with E-state index in [1.807, 2.05) is 0 Å². The first-order valence-electron chi connectivity index (χ1n) is 14.1. The summed E-state index contributed by atoms with van der Waals surface area (Å²) in [7, 11) is 1.37. The van der Waals surface area contributed by atoms with Gasteiger partial charge in [0.25, 0.3) is 0 Å². The maximum Gasteiger partial charge on any atom is 0.331 e. The summed E-state index contributed by atoms with van der Waals surface area (Å²) in [6.07, 6.45) is -12.2. The van der Waals surface area contributed by atoms with E-state index in [1.165, 1.54) is 50.4 Å². The molecule has 10 atom stereocenters. The lowest BCUT2D eigenvalue weighted by Gasteiger charge is -2.46. The number of phenolic OH excluding ortho intramolecular Hbond substituents is 3. The molecule has 248 valence electrons. The van der Waals surface area contributed by atoms with Crippen LogP contribution in [0, 0.1) is 0 Å². The Morgan fingerprint density at radius 1 is 0.889 bits per heavy atom. The Hall–Kier alpha value is -3.51. The lowest BCUT2D eigenvalue weighted by Crippen LogP contribution is -2.65. The number of phenols is 3. The fraction of sp³-hybridized carbons (Fsp3) is 0.500. The predicted molar refractivity (Wildman–Crippen MR) is 152 cm³/mol. The van der Waals surface area contributed by atoms with E-state index in [0.29, 0.717) is 11.1 Å². The summed E-state index contributed by atoms with van der Waals surface area (Å²) in [4.78, 5) is 13.0. The van der Waals surface area contributed by atoms with Crippen LogP contribution in [0.15, 0.2) is 42.5 Å². The second-order valence-corrected chi connectivity index (χ2v) is 10.6. The molecule has 2 aromatic rings. The van der Waals surface area contributed by atoms with E-state index < -0.39 is 74.0 Å². The number of rotatable bonds is 11. The van der Waals surface area contributed by atoms with Crippen molar-refractivity contribution in [2.45, 2.75) is 74.8 Å². The zero-order valence-electron chi connectivity index (χ0n) is 24.4. The van der Waals surface area contributed by atoms with Gasteiger partial charge < -0.3 is 69.3 Å². The fourth-order valence-electron chi connectivity index (χ4n) is 4.97. The molecule has 0 bridgehead atoms. The molecule has 2 saturated heterocycles. The lowest BCUT2D eigenvalue weighted by molar-refractivity contribution is -0.357. The van der Waals surface area contributed by atoms with E-state index in [1.54, 1.807) is 6.07 Å². The topological polar surface area (TPSA) is 234 Å². The third-order valence-corrected chi connectivity index (χ3v) is 7.50. The Kier molecular flexibility index (Phi) is 11.6. The molecule has 2 heterocycles. The van der Waals surface area contributed by atoms with Crippen molar-refractivity contribution in [1.29, 1.82) is 0 Å². The van der Waals surface area contributed by atoms with Gasteiger partial charge in [-0.3, -0.25) is 0 Å². The van der Waals surface area contributed by atoms with Crippen LogP contribution in [0.4, 0.5) is 0 Å². The molecule has 0 radical (unpaired) electrons. The van der Waals surface area contributed by atoms with Gasteiger partial charge in [-0.25, -0.2) is 4.79 Å². The van der Waals surface area contributed by atoms with Gasteiger partial charge in [-0.05, 0) is 54.8 Å². The number of aliphatic hydroxyl groups excluding tert-OH is 5. The van der Waals surface area contributed by atoms with E-state index in [4.69, 9.17) is 28.4 Å². The van der Waals surface area contributed by atoms with Gasteiger partial charge >= 0.3 is 5.97 Å². The molecule has 8 N–H and O–H groups in total. The number of aromatic hydroxyl groups is 3. The van der Waals surface area contributed by atoms with Gasteiger partial charge in [-0.1, -0.05) is 12.1 Å². The smallest absolute Gasteiger partial charge is 0.331 e. The molecule has 15 nitrogen and oxygen atoms in total. The molecule has 2 aliphatic heterocycles. The Labute approximate surface area is 258 Å². The maximum absolute atomic E-state index is 13.0. The summed E-state index contributed by atoms with van der Waals surface area (Å²) in [5.41, 5.74) is 1.04. The molecule has 0 saturated carbocycles. The Morgan fingerprint density at radius 3 is 2.31 bits per heavy atom. The second-order valence-electron chi connectivity index (χ2n) is 10.6. The van der Waals surface area contributed by atoms with Gasteiger partial charge in [0.1, 0.15) is 36.6 Å². The molecule has 0 unspecified atom stereocenters. The van der Waals surface area contributed by atoms with E-state index in [-0.39, 0.29) is 36.0 Å². The first-order chi connectivity index (χ1) is 21.4. The number of hydrogen-bond donors (Lipinski definition) is 8. The molecule has 4 rings (SSSR count). The molecule has 0 aromatic heterocycles. The number of carbonyl (C=O) groups excluding carboxylic acids is 1. The minimum atomic E-state index is -1.76. The molecule has 2 aliphatic rings. The minimum Gasteiger partial charge on any atom is -0.504 e. The summed E-state index contributed by atoms with van der Waals surface area (Å²) in [5, 5.41) is 81.1. The first kappa shape index (κ1) is 34.4. The predicted octanol–water partition coefficient (Wildman–Crippen LogP) is -0.713. The van der Waals surface area contributed by atoms with Crippen molar-refractivity contribution >= 4 is 12.0 Å². The standard InChI is InChI=1S/C30H38O15/c1-14-23(36)24(37)25(38)30(42-14)45-27-26(44-22(35)8-5-15-4-7-18(33)20(12-15)40-2)21(13-31)43-29(39)28(27)41-10-9-16-3-6-17(32)19(34)11-16/h3-8,11-12,14,21,23-34,36-39H,9-10,13H2,1-2H3/b8-5+/t14-,21+,23-,24+,25+,26+,27-,28+,29+,30+/m0/s1. The largest absolute Gasteiger partial charge is 0.504 e. The van der Waals surface area contributed by atoms with Gasteiger partial charge in [0.15, 0.2) is 41.7 Å². The highest BCUT2D eigenvalue weighted by Gasteiger charge is 2.52. The zero-order chi connectivity index (χ0) is 32.8. The van der Waals surface area contributed by atoms with Crippen LogP contribution in [0.5, 0.6) is 23.0 Å². The van der Waals surface area contributed by atoms with Gasteiger partial charge in [-0.2, -0.15) is 0 Å². The average Bonchev–Trinajstić information content (AvgIpc) is 3.02. The monoisotopic (exact) mass is 638 g/mol. The van der Waals surface area contributed by atoms with Gasteiger partial charge in [0, 0.05) is 6.08 Å². The van der Waals surface area contributed by atoms with Crippen LogP contribution in [0.25, 0.3) is 6.08 Å². The molecule has 2 aromatic carbocycles. The van der Waals surface area contributed by atoms with Crippen molar-refractivity contribution in [3.8, 4) is 23.0 Å². The number of benzene rings is 2. The van der Waals surface area contributed by atoms with Crippen molar-refractivity contribution in [3.63, 3.8) is 0 Å². The summed E-state index contributed by atoms with van der Waals surface area (Å²) in [5.74, 6) is -1.51. The summed E-state index contributed by atoms with van der Waals surface area (Å²) in [6, 6.07) is 8.52. The highest BCUT2D eigenvalue weighted by Crippen LogP contribution is 2.32. The molecule has 2 fully saturated rings.